The van der Waals surface area contributed by atoms with Crippen LogP contribution < -0.4 is 15.4 Å². The Morgan fingerprint density at radius 3 is 2.54 bits per heavy atom. The molecule has 1 amide bonds. The summed E-state index contributed by atoms with van der Waals surface area (Å²) in [4.78, 5) is 12.3. The monoisotopic (exact) mass is 335 g/mol. The van der Waals surface area contributed by atoms with E-state index < -0.39 is 17.7 Å². The van der Waals surface area contributed by atoms with Crippen LogP contribution in [-0.4, -0.2) is 19.1 Å². The lowest BCUT2D eigenvalue weighted by molar-refractivity contribution is -0.710. The third-order valence-corrected chi connectivity index (χ3v) is 3.81. The van der Waals surface area contributed by atoms with E-state index in [4.69, 9.17) is 4.74 Å². The molecule has 0 unspecified atom stereocenters. The maximum Gasteiger partial charge on any atom is 0.282 e. The first-order valence-corrected chi connectivity index (χ1v) is 7.66. The van der Waals surface area contributed by atoms with E-state index in [2.05, 4.69) is 5.32 Å². The van der Waals surface area contributed by atoms with E-state index in [0.29, 0.717) is 17.0 Å². The average Bonchev–Trinajstić information content (AvgIpc) is 2.55. The second-order valence-corrected chi connectivity index (χ2v) is 5.63. The molecule has 4 nitrogen and oxygen atoms in total. The largest absolute Gasteiger partial charge is 0.495 e. The summed E-state index contributed by atoms with van der Waals surface area (Å²) >= 11 is 0. The molecular formula is C18H21F2N2O2+. The molecule has 24 heavy (non-hydrogen) atoms. The Bertz CT molecular complexity index is 722. The van der Waals surface area contributed by atoms with Gasteiger partial charge in [-0.1, -0.05) is 12.1 Å². The molecule has 0 bridgehead atoms. The Labute approximate surface area is 139 Å². The van der Waals surface area contributed by atoms with E-state index in [-0.39, 0.29) is 11.9 Å². The van der Waals surface area contributed by atoms with Gasteiger partial charge >= 0.3 is 0 Å². The number of halogens is 2. The lowest BCUT2D eigenvalue weighted by atomic mass is 10.1. The lowest BCUT2D eigenvalue weighted by Gasteiger charge is -2.18. The second kappa shape index (κ2) is 7.88. The minimum Gasteiger partial charge on any atom is -0.495 e. The van der Waals surface area contributed by atoms with Crippen LogP contribution in [0.4, 0.5) is 14.5 Å². The number of ether oxygens (including phenoxy) is 1. The van der Waals surface area contributed by atoms with Gasteiger partial charge in [0.25, 0.3) is 5.91 Å². The summed E-state index contributed by atoms with van der Waals surface area (Å²) in [5.74, 6) is -0.897. The van der Waals surface area contributed by atoms with Crippen molar-refractivity contribution in [2.24, 2.45) is 0 Å². The summed E-state index contributed by atoms with van der Waals surface area (Å²) in [6.07, 6.45) is 0. The van der Waals surface area contributed by atoms with Gasteiger partial charge in [0.15, 0.2) is 6.04 Å². The number of nitrogens with one attached hydrogen (secondary N) is 1. The van der Waals surface area contributed by atoms with Gasteiger partial charge < -0.3 is 15.4 Å². The van der Waals surface area contributed by atoms with Crippen molar-refractivity contribution < 1.29 is 23.6 Å². The fourth-order valence-electron chi connectivity index (χ4n) is 2.49. The number of carbonyl (C=O) groups is 1. The normalized spacial score (nSPS) is 13.2. The van der Waals surface area contributed by atoms with E-state index in [1.165, 1.54) is 19.2 Å². The zero-order valence-electron chi connectivity index (χ0n) is 13.8. The van der Waals surface area contributed by atoms with Gasteiger partial charge in [0.05, 0.1) is 12.8 Å². The first kappa shape index (κ1) is 17.9. The van der Waals surface area contributed by atoms with Crippen LogP contribution >= 0.6 is 0 Å². The van der Waals surface area contributed by atoms with E-state index in [1.807, 2.05) is 6.07 Å². The molecule has 0 saturated heterocycles. The summed E-state index contributed by atoms with van der Waals surface area (Å²) in [6.45, 7) is 3.49. The summed E-state index contributed by atoms with van der Waals surface area (Å²) in [5.41, 5.74) is 0.930. The Morgan fingerprint density at radius 2 is 1.88 bits per heavy atom. The highest BCUT2D eigenvalue weighted by atomic mass is 19.1. The molecule has 0 aliphatic heterocycles. The van der Waals surface area contributed by atoms with Gasteiger partial charge in [0, 0.05) is 11.6 Å². The van der Waals surface area contributed by atoms with Crippen molar-refractivity contribution >= 4 is 11.6 Å². The SMILES string of the molecule is COc1ccccc1NC(=O)[C@@H](C)[NH2+][C@@H](C)c1ccc(F)cc1F. The van der Waals surface area contributed by atoms with Gasteiger partial charge in [-0.2, -0.15) is 0 Å². The van der Waals surface area contributed by atoms with Gasteiger partial charge in [-0.15, -0.1) is 0 Å². The molecule has 2 aromatic carbocycles. The third kappa shape index (κ3) is 4.29. The van der Waals surface area contributed by atoms with Gasteiger partial charge in [-0.05, 0) is 38.1 Å². The molecular weight excluding hydrogens is 314 g/mol. The Balaban J connectivity index is 2.03. The predicted molar refractivity (Wildman–Crippen MR) is 87.8 cm³/mol. The van der Waals surface area contributed by atoms with Crippen LogP contribution in [-0.2, 0) is 4.79 Å². The average molecular weight is 335 g/mol. The predicted octanol–water partition coefficient (Wildman–Crippen LogP) is 2.63. The molecule has 0 radical (unpaired) electrons. The fraction of sp³-hybridized carbons (Fsp3) is 0.278. The summed E-state index contributed by atoms with van der Waals surface area (Å²) in [5, 5.41) is 4.52. The number of para-hydroxylation sites is 2. The molecule has 0 aliphatic carbocycles. The number of quaternary nitrogens is 1. The summed E-state index contributed by atoms with van der Waals surface area (Å²) < 4.78 is 32.0. The standard InChI is InChI=1S/C18H20F2N2O2/c1-11(14-9-8-13(19)10-15(14)20)21-12(2)18(23)22-16-6-4-5-7-17(16)24-3/h4-12,21H,1-3H3,(H,22,23)/p+1/t11-,12+/m0/s1. The topological polar surface area (TPSA) is 54.9 Å². The number of nitrogens with two attached hydrogens (primary N) is 1. The smallest absolute Gasteiger partial charge is 0.282 e. The maximum atomic E-state index is 13.8. The number of hydrogen-bond donors (Lipinski definition) is 2. The molecule has 2 aromatic rings. The highest BCUT2D eigenvalue weighted by molar-refractivity contribution is 5.94. The summed E-state index contributed by atoms with van der Waals surface area (Å²) in [7, 11) is 1.53. The number of benzene rings is 2. The molecule has 0 aliphatic rings. The van der Waals surface area contributed by atoms with Crippen LogP contribution in [0.1, 0.15) is 25.5 Å². The second-order valence-electron chi connectivity index (χ2n) is 5.63. The lowest BCUT2D eigenvalue weighted by Crippen LogP contribution is -2.91. The van der Waals surface area contributed by atoms with E-state index in [9.17, 15) is 13.6 Å². The molecule has 2 rings (SSSR count). The Morgan fingerprint density at radius 1 is 1.17 bits per heavy atom. The molecule has 6 heteroatoms. The van der Waals surface area contributed by atoms with Crippen molar-refractivity contribution in [1.29, 1.82) is 0 Å². The van der Waals surface area contributed by atoms with Crippen LogP contribution in [0, 0.1) is 11.6 Å². The molecule has 0 fully saturated rings. The van der Waals surface area contributed by atoms with E-state index in [1.54, 1.807) is 37.4 Å². The first-order valence-electron chi connectivity index (χ1n) is 7.66. The molecule has 0 heterocycles. The fourth-order valence-corrected chi connectivity index (χ4v) is 2.49. The zero-order chi connectivity index (χ0) is 17.7. The molecule has 0 aromatic heterocycles. The zero-order valence-corrected chi connectivity index (χ0v) is 13.8. The van der Waals surface area contributed by atoms with Gasteiger partial charge in [0.2, 0.25) is 0 Å². The number of rotatable bonds is 6. The third-order valence-electron chi connectivity index (χ3n) is 3.81. The minimum absolute atomic E-state index is 0.228. The molecule has 3 N–H and O–H groups in total. The number of amides is 1. The molecule has 0 spiro atoms. The van der Waals surface area contributed by atoms with Crippen LogP contribution in [0.3, 0.4) is 0 Å². The van der Waals surface area contributed by atoms with Crippen molar-refractivity contribution in [3.63, 3.8) is 0 Å². The Hall–Kier alpha value is -2.47. The van der Waals surface area contributed by atoms with Gasteiger partial charge in [0.1, 0.15) is 23.4 Å². The summed E-state index contributed by atoms with van der Waals surface area (Å²) in [6, 6.07) is 9.76. The number of anilines is 1. The maximum absolute atomic E-state index is 13.8. The van der Waals surface area contributed by atoms with Crippen molar-refractivity contribution in [2.45, 2.75) is 25.9 Å². The van der Waals surface area contributed by atoms with Crippen molar-refractivity contribution in [3.05, 3.63) is 59.7 Å². The molecule has 0 saturated carbocycles. The molecule has 128 valence electrons. The number of hydrogen-bond acceptors (Lipinski definition) is 2. The van der Waals surface area contributed by atoms with Crippen molar-refractivity contribution in [3.8, 4) is 5.75 Å². The van der Waals surface area contributed by atoms with Crippen LogP contribution in [0.2, 0.25) is 0 Å². The van der Waals surface area contributed by atoms with Gasteiger partial charge in [-0.3, -0.25) is 4.79 Å². The van der Waals surface area contributed by atoms with E-state index >= 15 is 0 Å². The quantitative estimate of drug-likeness (QED) is 0.853. The first-order chi connectivity index (χ1) is 11.4. The minimum atomic E-state index is -0.620. The highest BCUT2D eigenvalue weighted by Gasteiger charge is 2.23. The van der Waals surface area contributed by atoms with Crippen LogP contribution in [0.5, 0.6) is 5.75 Å². The van der Waals surface area contributed by atoms with E-state index in [0.717, 1.165) is 6.07 Å². The van der Waals surface area contributed by atoms with Crippen LogP contribution in [0.25, 0.3) is 0 Å². The number of methoxy groups -OCH3 is 1. The number of carbonyl (C=O) groups excluding carboxylic acids is 1. The van der Waals surface area contributed by atoms with Crippen molar-refractivity contribution in [1.82, 2.24) is 0 Å². The van der Waals surface area contributed by atoms with Crippen molar-refractivity contribution in [2.75, 3.05) is 12.4 Å². The Kier molecular flexibility index (Phi) is 5.87. The highest BCUT2D eigenvalue weighted by Crippen LogP contribution is 2.23. The van der Waals surface area contributed by atoms with Crippen LogP contribution in [0.15, 0.2) is 42.5 Å². The van der Waals surface area contributed by atoms with Gasteiger partial charge in [-0.25, -0.2) is 8.78 Å². The molecule has 2 atom stereocenters.